The summed E-state index contributed by atoms with van der Waals surface area (Å²) in [6.07, 6.45) is 4.37. The monoisotopic (exact) mass is 294 g/mol. The van der Waals surface area contributed by atoms with Crippen LogP contribution in [0.1, 0.15) is 25.5 Å². The van der Waals surface area contributed by atoms with Crippen LogP contribution in [-0.2, 0) is 4.79 Å². The molecule has 1 amide bonds. The van der Waals surface area contributed by atoms with Gasteiger partial charge in [0.15, 0.2) is 0 Å². The van der Waals surface area contributed by atoms with Gasteiger partial charge in [-0.3, -0.25) is 4.79 Å². The second kappa shape index (κ2) is 6.53. The number of rotatable bonds is 3. The Bertz CT molecular complexity index is 529. The van der Waals surface area contributed by atoms with Crippen molar-refractivity contribution in [1.29, 1.82) is 5.26 Å². The smallest absolute Gasteiger partial charge is 0.251 e. The number of halogens is 1. The summed E-state index contributed by atoms with van der Waals surface area (Å²) in [5, 5.41) is 8.40. The van der Waals surface area contributed by atoms with Crippen molar-refractivity contribution in [2.45, 2.75) is 31.2 Å². The predicted octanol–water partition coefficient (Wildman–Crippen LogP) is 1.35. The zero-order valence-electron chi connectivity index (χ0n) is 11.1. The first kappa shape index (κ1) is 14.5. The maximum absolute atomic E-state index is 11.9. The molecule has 2 rings (SSSR count). The molecule has 0 aliphatic carbocycles. The van der Waals surface area contributed by atoms with Crippen molar-refractivity contribution in [2.75, 3.05) is 13.1 Å². The van der Waals surface area contributed by atoms with E-state index >= 15 is 0 Å². The third kappa shape index (κ3) is 3.36. The minimum Gasteiger partial charge on any atom is -0.470 e. The molecule has 0 radical (unpaired) electrons. The number of nitrogens with zero attached hydrogens (tertiary/aromatic N) is 4. The molecule has 2 heterocycles. The average Bonchev–Trinajstić information content (AvgIpc) is 2.47. The molecule has 7 heteroatoms. The second-order valence-electron chi connectivity index (χ2n) is 4.60. The number of carbonyl (C=O) groups is 1. The fraction of sp³-hybridized carbons (Fsp3) is 0.538. The molecule has 2 unspecified atom stereocenters. The van der Waals surface area contributed by atoms with E-state index in [0.717, 1.165) is 12.8 Å². The molecular formula is C13H15ClN4O2. The fourth-order valence-electron chi connectivity index (χ4n) is 2.13. The van der Waals surface area contributed by atoms with Crippen LogP contribution in [0.4, 0.5) is 0 Å². The Hall–Kier alpha value is -1.87. The van der Waals surface area contributed by atoms with Gasteiger partial charge in [-0.1, -0.05) is 0 Å². The summed E-state index contributed by atoms with van der Waals surface area (Å²) in [4.78, 5) is 21.5. The van der Waals surface area contributed by atoms with Crippen LogP contribution in [0.2, 0.25) is 0 Å². The van der Waals surface area contributed by atoms with Gasteiger partial charge in [0.25, 0.3) is 5.88 Å². The number of aromatic nitrogens is 2. The Balaban J connectivity index is 2.03. The predicted molar refractivity (Wildman–Crippen MR) is 72.3 cm³/mol. The van der Waals surface area contributed by atoms with Crippen molar-refractivity contribution in [2.24, 2.45) is 0 Å². The van der Waals surface area contributed by atoms with Crippen LogP contribution in [0.25, 0.3) is 0 Å². The average molecular weight is 295 g/mol. The molecule has 1 aliphatic rings. The second-order valence-corrected chi connectivity index (χ2v) is 5.26. The lowest BCUT2D eigenvalue weighted by Gasteiger charge is -2.33. The van der Waals surface area contributed by atoms with Crippen LogP contribution >= 0.6 is 11.6 Å². The van der Waals surface area contributed by atoms with Crippen molar-refractivity contribution < 1.29 is 9.53 Å². The first-order valence-electron chi connectivity index (χ1n) is 6.42. The maximum Gasteiger partial charge on any atom is 0.251 e. The SMILES string of the molecule is CC(Cl)C(=O)N1CCCC(Oc2nccnc2C#N)C1. The van der Waals surface area contributed by atoms with Gasteiger partial charge in [0, 0.05) is 18.9 Å². The topological polar surface area (TPSA) is 79.1 Å². The van der Waals surface area contributed by atoms with E-state index in [1.54, 1.807) is 11.8 Å². The Labute approximate surface area is 122 Å². The molecule has 0 bridgehead atoms. The number of ether oxygens (including phenoxy) is 1. The quantitative estimate of drug-likeness (QED) is 0.786. The Morgan fingerprint density at radius 3 is 3.05 bits per heavy atom. The number of carbonyl (C=O) groups excluding carboxylic acids is 1. The van der Waals surface area contributed by atoms with Gasteiger partial charge in [-0.2, -0.15) is 5.26 Å². The fourth-order valence-corrected chi connectivity index (χ4v) is 2.27. The van der Waals surface area contributed by atoms with E-state index < -0.39 is 5.38 Å². The van der Waals surface area contributed by atoms with Gasteiger partial charge >= 0.3 is 0 Å². The third-order valence-electron chi connectivity index (χ3n) is 3.08. The van der Waals surface area contributed by atoms with E-state index in [1.807, 2.05) is 6.07 Å². The van der Waals surface area contributed by atoms with Crippen LogP contribution in [-0.4, -0.2) is 45.3 Å². The number of nitriles is 1. The Kier molecular flexibility index (Phi) is 4.74. The van der Waals surface area contributed by atoms with Crippen molar-refractivity contribution in [3.63, 3.8) is 0 Å². The van der Waals surface area contributed by atoms with Crippen molar-refractivity contribution in [3.05, 3.63) is 18.1 Å². The van der Waals surface area contributed by atoms with E-state index in [4.69, 9.17) is 21.6 Å². The summed E-state index contributed by atoms with van der Waals surface area (Å²) in [5.74, 6) is 0.118. The minimum absolute atomic E-state index is 0.0976. The van der Waals surface area contributed by atoms with Gasteiger partial charge in [0.05, 0.1) is 6.54 Å². The molecule has 1 saturated heterocycles. The first-order chi connectivity index (χ1) is 9.61. The van der Waals surface area contributed by atoms with Crippen LogP contribution in [0.3, 0.4) is 0 Å². The van der Waals surface area contributed by atoms with E-state index in [1.165, 1.54) is 12.4 Å². The van der Waals surface area contributed by atoms with Crippen LogP contribution in [0.5, 0.6) is 5.88 Å². The highest BCUT2D eigenvalue weighted by molar-refractivity contribution is 6.30. The lowest BCUT2D eigenvalue weighted by molar-refractivity contribution is -0.133. The van der Waals surface area contributed by atoms with Gasteiger partial charge < -0.3 is 9.64 Å². The Morgan fingerprint density at radius 1 is 1.60 bits per heavy atom. The minimum atomic E-state index is -0.542. The first-order valence-corrected chi connectivity index (χ1v) is 6.86. The molecule has 1 aromatic heterocycles. The molecule has 6 nitrogen and oxygen atoms in total. The summed E-state index contributed by atoms with van der Waals surface area (Å²) < 4.78 is 5.70. The van der Waals surface area contributed by atoms with Gasteiger partial charge in [0.1, 0.15) is 17.6 Å². The zero-order chi connectivity index (χ0) is 14.5. The lowest BCUT2D eigenvalue weighted by atomic mass is 10.1. The Morgan fingerprint density at radius 2 is 2.35 bits per heavy atom. The zero-order valence-corrected chi connectivity index (χ0v) is 11.9. The summed E-state index contributed by atoms with van der Waals surface area (Å²) in [7, 11) is 0. The highest BCUT2D eigenvalue weighted by Crippen LogP contribution is 2.19. The maximum atomic E-state index is 11.9. The van der Waals surface area contributed by atoms with Gasteiger partial charge in [0.2, 0.25) is 11.6 Å². The summed E-state index contributed by atoms with van der Waals surface area (Å²) in [6, 6.07) is 1.94. The molecular weight excluding hydrogens is 280 g/mol. The van der Waals surface area contributed by atoms with Crippen LogP contribution < -0.4 is 4.74 Å². The molecule has 0 aromatic carbocycles. The van der Waals surface area contributed by atoms with E-state index in [-0.39, 0.29) is 23.6 Å². The molecule has 1 aromatic rings. The molecule has 106 valence electrons. The number of alkyl halides is 1. The lowest BCUT2D eigenvalue weighted by Crippen LogP contribution is -2.46. The highest BCUT2D eigenvalue weighted by Gasteiger charge is 2.27. The number of likely N-dealkylation sites (tertiary alicyclic amines) is 1. The summed E-state index contributed by atoms with van der Waals surface area (Å²) in [5.41, 5.74) is 0.154. The molecule has 1 aliphatic heterocycles. The molecule has 0 spiro atoms. The van der Waals surface area contributed by atoms with E-state index in [0.29, 0.717) is 13.1 Å². The molecule has 20 heavy (non-hydrogen) atoms. The molecule has 0 saturated carbocycles. The third-order valence-corrected chi connectivity index (χ3v) is 3.27. The largest absolute Gasteiger partial charge is 0.470 e. The summed E-state index contributed by atoms with van der Waals surface area (Å²) >= 11 is 5.82. The summed E-state index contributed by atoms with van der Waals surface area (Å²) in [6.45, 7) is 2.80. The number of amides is 1. The number of hydrogen-bond acceptors (Lipinski definition) is 5. The van der Waals surface area contributed by atoms with Crippen molar-refractivity contribution in [1.82, 2.24) is 14.9 Å². The van der Waals surface area contributed by atoms with Crippen molar-refractivity contribution in [3.8, 4) is 11.9 Å². The van der Waals surface area contributed by atoms with Crippen LogP contribution in [0.15, 0.2) is 12.4 Å². The number of piperidine rings is 1. The normalized spacial score (nSPS) is 20.1. The van der Waals surface area contributed by atoms with Gasteiger partial charge in [-0.15, -0.1) is 11.6 Å². The van der Waals surface area contributed by atoms with Crippen molar-refractivity contribution >= 4 is 17.5 Å². The van der Waals surface area contributed by atoms with E-state index in [9.17, 15) is 4.79 Å². The van der Waals surface area contributed by atoms with E-state index in [2.05, 4.69) is 9.97 Å². The molecule has 2 atom stereocenters. The van der Waals surface area contributed by atoms with Gasteiger partial charge in [-0.05, 0) is 19.8 Å². The number of hydrogen-bond donors (Lipinski definition) is 0. The van der Waals surface area contributed by atoms with Crippen LogP contribution in [0, 0.1) is 11.3 Å². The highest BCUT2D eigenvalue weighted by atomic mass is 35.5. The molecule has 0 N–H and O–H groups in total. The van der Waals surface area contributed by atoms with Gasteiger partial charge in [-0.25, -0.2) is 9.97 Å². The molecule has 1 fully saturated rings. The standard InChI is InChI=1S/C13H15ClN4O2/c1-9(14)13(19)18-6-2-3-10(8-18)20-12-11(7-15)16-4-5-17-12/h4-5,9-10H,2-3,6,8H2,1H3.